The zero-order valence-electron chi connectivity index (χ0n) is 14.1. The number of likely N-dealkylation sites (tertiary alicyclic amines) is 1. The number of carbonyl (C=O) groups excluding carboxylic acids is 1. The fourth-order valence-corrected chi connectivity index (χ4v) is 3.58. The van der Waals surface area contributed by atoms with Crippen molar-refractivity contribution in [3.8, 4) is 0 Å². The van der Waals surface area contributed by atoms with Crippen LogP contribution in [-0.2, 0) is 11.0 Å². The van der Waals surface area contributed by atoms with Crippen molar-refractivity contribution in [2.75, 3.05) is 13.1 Å². The number of piperidine rings is 1. The average molecular weight is 370 g/mol. The van der Waals surface area contributed by atoms with Crippen molar-refractivity contribution in [3.63, 3.8) is 0 Å². The standard InChI is InChI=1S/C18H21F3N2O3/c19-18(20,21)14-5-3-11(4-6-14)13-8-15(9-13)22-17(26)23-7-1-2-12(10-23)16(24)25/h3-6,12-13,15H,1-2,7-10H2,(H,22,26)(H,24,25). The molecule has 1 saturated heterocycles. The largest absolute Gasteiger partial charge is 0.481 e. The van der Waals surface area contributed by atoms with E-state index in [1.807, 2.05) is 0 Å². The number of halogens is 3. The van der Waals surface area contributed by atoms with Crippen molar-refractivity contribution in [1.82, 2.24) is 10.2 Å². The van der Waals surface area contributed by atoms with E-state index in [9.17, 15) is 22.8 Å². The summed E-state index contributed by atoms with van der Waals surface area (Å²) in [6.07, 6.45) is -1.74. The molecule has 0 radical (unpaired) electrons. The predicted molar refractivity (Wildman–Crippen MR) is 87.7 cm³/mol. The van der Waals surface area contributed by atoms with Crippen LogP contribution >= 0.6 is 0 Å². The topological polar surface area (TPSA) is 69.6 Å². The minimum Gasteiger partial charge on any atom is -0.481 e. The number of alkyl halides is 3. The van der Waals surface area contributed by atoms with E-state index < -0.39 is 23.6 Å². The summed E-state index contributed by atoms with van der Waals surface area (Å²) < 4.78 is 37.8. The number of amides is 2. The summed E-state index contributed by atoms with van der Waals surface area (Å²) in [4.78, 5) is 24.9. The molecule has 26 heavy (non-hydrogen) atoms. The van der Waals surface area contributed by atoms with Crippen molar-refractivity contribution < 1.29 is 27.9 Å². The van der Waals surface area contributed by atoms with Gasteiger partial charge in [0.05, 0.1) is 11.5 Å². The Balaban J connectivity index is 1.48. The van der Waals surface area contributed by atoms with Gasteiger partial charge in [-0.2, -0.15) is 13.2 Å². The molecule has 8 heteroatoms. The second-order valence-corrected chi connectivity index (χ2v) is 7.06. The number of urea groups is 1. The summed E-state index contributed by atoms with van der Waals surface area (Å²) in [6.45, 7) is 0.765. The third-order valence-electron chi connectivity index (χ3n) is 5.23. The zero-order chi connectivity index (χ0) is 18.9. The fourth-order valence-electron chi connectivity index (χ4n) is 3.58. The lowest BCUT2D eigenvalue weighted by molar-refractivity contribution is -0.143. The molecule has 5 nitrogen and oxygen atoms in total. The van der Waals surface area contributed by atoms with Gasteiger partial charge in [-0.05, 0) is 49.3 Å². The van der Waals surface area contributed by atoms with E-state index in [1.165, 1.54) is 17.0 Å². The first-order valence-electron chi connectivity index (χ1n) is 8.69. The van der Waals surface area contributed by atoms with Crippen LogP contribution in [0.3, 0.4) is 0 Å². The Morgan fingerprint density at radius 3 is 2.38 bits per heavy atom. The molecule has 2 N–H and O–H groups in total. The van der Waals surface area contributed by atoms with Gasteiger partial charge in [-0.15, -0.1) is 0 Å². The van der Waals surface area contributed by atoms with Crippen molar-refractivity contribution in [2.24, 2.45) is 5.92 Å². The summed E-state index contributed by atoms with van der Waals surface area (Å²) in [5.74, 6) is -1.26. The first-order valence-corrected chi connectivity index (χ1v) is 8.69. The summed E-state index contributed by atoms with van der Waals surface area (Å²) in [7, 11) is 0. The van der Waals surface area contributed by atoms with Gasteiger partial charge in [-0.1, -0.05) is 12.1 Å². The van der Waals surface area contributed by atoms with Gasteiger partial charge in [0.2, 0.25) is 0 Å². The molecule has 1 saturated carbocycles. The molecule has 0 bridgehead atoms. The van der Waals surface area contributed by atoms with E-state index in [0.717, 1.165) is 17.7 Å². The summed E-state index contributed by atoms with van der Waals surface area (Å²) >= 11 is 0. The smallest absolute Gasteiger partial charge is 0.416 e. The molecule has 1 aromatic carbocycles. The highest BCUT2D eigenvalue weighted by Gasteiger charge is 2.35. The van der Waals surface area contributed by atoms with E-state index in [-0.39, 0.29) is 24.5 Å². The van der Waals surface area contributed by atoms with Crippen LogP contribution in [0.5, 0.6) is 0 Å². The Bertz CT molecular complexity index is 669. The lowest BCUT2D eigenvalue weighted by Crippen LogP contribution is -2.52. The monoisotopic (exact) mass is 370 g/mol. The molecular weight excluding hydrogens is 349 g/mol. The quantitative estimate of drug-likeness (QED) is 0.856. The minimum atomic E-state index is -4.34. The molecule has 1 heterocycles. The first-order chi connectivity index (χ1) is 12.2. The van der Waals surface area contributed by atoms with Crippen LogP contribution in [0.15, 0.2) is 24.3 Å². The van der Waals surface area contributed by atoms with Gasteiger partial charge in [0.25, 0.3) is 0 Å². The number of carbonyl (C=O) groups is 2. The van der Waals surface area contributed by atoms with Gasteiger partial charge in [-0.3, -0.25) is 4.79 Å². The van der Waals surface area contributed by atoms with Gasteiger partial charge in [0, 0.05) is 19.1 Å². The number of aliphatic carboxylic acids is 1. The summed E-state index contributed by atoms with van der Waals surface area (Å²) in [6, 6.07) is 4.87. The minimum absolute atomic E-state index is 0.0278. The Labute approximate surface area is 149 Å². The van der Waals surface area contributed by atoms with Crippen molar-refractivity contribution in [3.05, 3.63) is 35.4 Å². The Morgan fingerprint density at radius 1 is 1.15 bits per heavy atom. The van der Waals surface area contributed by atoms with Crippen molar-refractivity contribution in [2.45, 2.75) is 43.8 Å². The van der Waals surface area contributed by atoms with Gasteiger partial charge >= 0.3 is 18.2 Å². The molecular formula is C18H21F3N2O3. The molecule has 1 aliphatic heterocycles. The predicted octanol–water partition coefficient (Wildman–Crippen LogP) is 3.46. The van der Waals surface area contributed by atoms with Crippen LogP contribution in [0, 0.1) is 5.92 Å². The number of carboxylic acids is 1. The number of rotatable bonds is 3. The van der Waals surface area contributed by atoms with Gasteiger partial charge < -0.3 is 15.3 Å². The average Bonchev–Trinajstić information content (AvgIpc) is 2.57. The lowest BCUT2D eigenvalue weighted by Gasteiger charge is -2.39. The zero-order valence-corrected chi connectivity index (χ0v) is 14.1. The molecule has 0 spiro atoms. The maximum Gasteiger partial charge on any atom is 0.416 e. The van der Waals surface area contributed by atoms with E-state index in [1.54, 1.807) is 0 Å². The van der Waals surface area contributed by atoms with Gasteiger partial charge in [0.1, 0.15) is 0 Å². The second kappa shape index (κ2) is 7.17. The SMILES string of the molecule is O=C(O)C1CCCN(C(=O)NC2CC(c3ccc(C(F)(F)F)cc3)C2)C1. The highest BCUT2D eigenvalue weighted by molar-refractivity contribution is 5.77. The normalized spacial score (nSPS) is 26.1. The molecule has 142 valence electrons. The van der Waals surface area contributed by atoms with Crippen molar-refractivity contribution in [1.29, 1.82) is 0 Å². The van der Waals surface area contributed by atoms with Gasteiger partial charge in [0.15, 0.2) is 0 Å². The highest BCUT2D eigenvalue weighted by atomic mass is 19.4. The maximum atomic E-state index is 12.6. The number of nitrogens with zero attached hydrogens (tertiary/aromatic N) is 1. The molecule has 1 aromatic rings. The Morgan fingerprint density at radius 2 is 1.81 bits per heavy atom. The Hall–Kier alpha value is -2.25. The van der Waals surface area contributed by atoms with E-state index in [2.05, 4.69) is 5.32 Å². The van der Waals surface area contributed by atoms with Crippen LogP contribution in [0.2, 0.25) is 0 Å². The molecule has 1 unspecified atom stereocenters. The molecule has 2 aliphatic rings. The summed E-state index contributed by atoms with van der Waals surface area (Å²) in [5.41, 5.74) is 0.177. The molecule has 0 aromatic heterocycles. The molecule has 1 atom stereocenters. The third kappa shape index (κ3) is 4.11. The highest BCUT2D eigenvalue weighted by Crippen LogP contribution is 2.38. The number of hydrogen-bond donors (Lipinski definition) is 2. The third-order valence-corrected chi connectivity index (χ3v) is 5.23. The molecule has 1 aliphatic carbocycles. The van der Waals surface area contributed by atoms with E-state index in [4.69, 9.17) is 5.11 Å². The molecule has 2 fully saturated rings. The van der Waals surface area contributed by atoms with Crippen LogP contribution < -0.4 is 5.32 Å². The van der Waals surface area contributed by atoms with E-state index in [0.29, 0.717) is 32.2 Å². The van der Waals surface area contributed by atoms with Crippen LogP contribution in [0.1, 0.15) is 42.7 Å². The van der Waals surface area contributed by atoms with Crippen molar-refractivity contribution >= 4 is 12.0 Å². The van der Waals surface area contributed by atoms with Crippen LogP contribution in [0.4, 0.5) is 18.0 Å². The second-order valence-electron chi connectivity index (χ2n) is 7.06. The van der Waals surface area contributed by atoms with Crippen LogP contribution in [-0.4, -0.2) is 41.1 Å². The number of hydrogen-bond acceptors (Lipinski definition) is 2. The number of benzene rings is 1. The maximum absolute atomic E-state index is 12.6. The van der Waals surface area contributed by atoms with E-state index >= 15 is 0 Å². The van der Waals surface area contributed by atoms with Gasteiger partial charge in [-0.25, -0.2) is 4.79 Å². The van der Waals surface area contributed by atoms with Crippen LogP contribution in [0.25, 0.3) is 0 Å². The molecule has 2 amide bonds. The summed E-state index contributed by atoms with van der Waals surface area (Å²) in [5, 5.41) is 12.0. The number of nitrogens with one attached hydrogen (secondary N) is 1. The first kappa shape index (κ1) is 18.5. The lowest BCUT2D eigenvalue weighted by atomic mass is 9.76. The fraction of sp³-hybridized carbons (Fsp3) is 0.556. The number of carboxylic acid groups (broad SMARTS) is 1. The molecule has 3 rings (SSSR count). The Kier molecular flexibility index (Phi) is 5.11.